The largest absolute Gasteiger partial charge is 0.395 e. The van der Waals surface area contributed by atoms with Crippen molar-refractivity contribution in [2.24, 2.45) is 0 Å². The lowest BCUT2D eigenvalue weighted by Gasteiger charge is -2.20. The molecule has 42 heavy (non-hydrogen) atoms. The van der Waals surface area contributed by atoms with Crippen molar-refractivity contribution < 1.29 is 24.6 Å². The Morgan fingerprint density at radius 2 is 1.67 bits per heavy atom. The predicted molar refractivity (Wildman–Crippen MR) is 155 cm³/mol. The van der Waals surface area contributed by atoms with E-state index in [1.807, 2.05) is 43.3 Å². The smallest absolute Gasteiger partial charge is 0.226 e. The number of anilines is 2. The van der Waals surface area contributed by atoms with Crippen LogP contribution in [0.5, 0.6) is 0 Å². The van der Waals surface area contributed by atoms with Gasteiger partial charge in [-0.2, -0.15) is 9.97 Å². The Labute approximate surface area is 242 Å². The van der Waals surface area contributed by atoms with Crippen molar-refractivity contribution in [2.45, 2.75) is 43.8 Å². The van der Waals surface area contributed by atoms with Gasteiger partial charge in [0.1, 0.15) is 18.3 Å². The third-order valence-corrected chi connectivity index (χ3v) is 7.43. The first-order chi connectivity index (χ1) is 20.6. The molecule has 3 aromatic heterocycles. The number of benzene rings is 2. The second-order valence-electron chi connectivity index (χ2n) is 10.1. The summed E-state index contributed by atoms with van der Waals surface area (Å²) in [6, 6.07) is 22.1. The van der Waals surface area contributed by atoms with Crippen molar-refractivity contribution >= 4 is 22.9 Å². The zero-order valence-corrected chi connectivity index (χ0v) is 23.0. The number of nitrogens with one attached hydrogen (secondary N) is 2. The number of aliphatic hydroxyl groups excluding tert-OH is 3. The van der Waals surface area contributed by atoms with Gasteiger partial charge in [0.25, 0.3) is 0 Å². The molecule has 2 aromatic carbocycles. The molecule has 4 heterocycles. The van der Waals surface area contributed by atoms with E-state index >= 15 is 0 Å². The number of aliphatic hydroxyl groups is 3. The average molecular weight is 572 g/mol. The second-order valence-corrected chi connectivity index (χ2v) is 10.1. The first-order valence-corrected chi connectivity index (χ1v) is 14.0. The minimum Gasteiger partial charge on any atom is -0.395 e. The second kappa shape index (κ2) is 12.2. The minimum atomic E-state index is -1.29. The van der Waals surface area contributed by atoms with E-state index in [0.29, 0.717) is 35.7 Å². The number of nitrogens with zero attached hydrogens (tertiary/aromatic N) is 5. The van der Waals surface area contributed by atoms with Gasteiger partial charge in [0.2, 0.25) is 5.95 Å². The third-order valence-electron chi connectivity index (χ3n) is 7.43. The maximum Gasteiger partial charge on any atom is 0.226 e. The molecular formula is C30H33N7O5. The summed E-state index contributed by atoms with van der Waals surface area (Å²) in [6.45, 7) is 2.59. The van der Waals surface area contributed by atoms with Crippen molar-refractivity contribution in [1.29, 1.82) is 0 Å². The van der Waals surface area contributed by atoms with E-state index in [1.165, 1.54) is 6.33 Å². The van der Waals surface area contributed by atoms with Gasteiger partial charge in [-0.3, -0.25) is 4.57 Å². The quantitative estimate of drug-likeness (QED) is 0.158. The van der Waals surface area contributed by atoms with Crippen molar-refractivity contribution in [2.75, 3.05) is 30.3 Å². The number of rotatable bonds is 11. The number of ether oxygens (including phenoxy) is 1. The number of hydrogen-bond donors (Lipinski definition) is 5. The maximum atomic E-state index is 11.0. The van der Waals surface area contributed by atoms with Crippen LogP contribution >= 0.6 is 0 Å². The summed E-state index contributed by atoms with van der Waals surface area (Å²) in [7, 11) is 0. The van der Waals surface area contributed by atoms with E-state index in [1.54, 1.807) is 10.6 Å². The lowest BCUT2D eigenvalue weighted by Crippen LogP contribution is -2.29. The van der Waals surface area contributed by atoms with Gasteiger partial charge in [0.05, 0.1) is 18.6 Å². The molecule has 0 spiro atoms. The van der Waals surface area contributed by atoms with Gasteiger partial charge in [-0.25, -0.2) is 4.98 Å². The minimum absolute atomic E-state index is 0.0270. The molecule has 0 bridgehead atoms. The first-order valence-electron chi connectivity index (χ1n) is 14.0. The van der Waals surface area contributed by atoms with Crippen LogP contribution in [-0.2, 0) is 11.2 Å². The molecule has 0 saturated carbocycles. The van der Waals surface area contributed by atoms with Gasteiger partial charge < -0.3 is 35.2 Å². The zero-order valence-electron chi connectivity index (χ0n) is 23.0. The van der Waals surface area contributed by atoms with E-state index in [-0.39, 0.29) is 25.0 Å². The van der Waals surface area contributed by atoms with E-state index in [2.05, 4.69) is 55.0 Å². The zero-order chi connectivity index (χ0) is 29.1. The molecule has 0 amide bonds. The van der Waals surface area contributed by atoms with Crippen molar-refractivity contribution in [3.05, 3.63) is 95.6 Å². The van der Waals surface area contributed by atoms with Crippen molar-refractivity contribution in [3.8, 4) is 0 Å². The molecule has 1 aliphatic heterocycles. The molecule has 218 valence electrons. The van der Waals surface area contributed by atoms with Gasteiger partial charge in [-0.15, -0.1) is 0 Å². The highest BCUT2D eigenvalue weighted by Crippen LogP contribution is 2.40. The number of hydrogen-bond acceptors (Lipinski definition) is 11. The Bertz CT molecular complexity index is 1570. The normalized spacial score (nSPS) is 20.4. The lowest BCUT2D eigenvalue weighted by atomic mass is 9.91. The molecule has 12 heteroatoms. The molecule has 6 rings (SSSR count). The molecule has 4 atom stereocenters. The van der Waals surface area contributed by atoms with Gasteiger partial charge in [-0.1, -0.05) is 72.7 Å². The predicted octanol–water partition coefficient (Wildman–Crippen LogP) is 3.02. The van der Waals surface area contributed by atoms with Crippen LogP contribution in [0.25, 0.3) is 11.2 Å². The Hall–Kier alpha value is -4.36. The van der Waals surface area contributed by atoms with Gasteiger partial charge in [0.15, 0.2) is 29.0 Å². The number of fused-ring (bicyclic) bond motifs is 1. The third kappa shape index (κ3) is 5.44. The summed E-state index contributed by atoms with van der Waals surface area (Å²) >= 11 is 0. The first kappa shape index (κ1) is 27.8. The highest BCUT2D eigenvalue weighted by molar-refractivity contribution is 5.84. The van der Waals surface area contributed by atoms with Crippen LogP contribution in [0.1, 0.15) is 47.8 Å². The Kier molecular flexibility index (Phi) is 8.11. The maximum absolute atomic E-state index is 11.0. The van der Waals surface area contributed by atoms with Crippen LogP contribution in [0.4, 0.5) is 11.8 Å². The van der Waals surface area contributed by atoms with Crippen LogP contribution in [0.2, 0.25) is 0 Å². The summed E-state index contributed by atoms with van der Waals surface area (Å²) in [5.74, 6) is 1.10. The van der Waals surface area contributed by atoms with Crippen molar-refractivity contribution in [3.63, 3.8) is 0 Å². The summed E-state index contributed by atoms with van der Waals surface area (Å²) in [6.07, 6.45) is -2.29. The Balaban J connectivity index is 1.33. The molecule has 0 radical (unpaired) electrons. The molecule has 0 aliphatic carbocycles. The Morgan fingerprint density at radius 1 is 0.952 bits per heavy atom. The number of aryl methyl sites for hydroxylation is 1. The molecule has 1 fully saturated rings. The topological polar surface area (TPSA) is 164 Å². The molecule has 5 aromatic rings. The van der Waals surface area contributed by atoms with Gasteiger partial charge in [0, 0.05) is 25.1 Å². The monoisotopic (exact) mass is 571 g/mol. The standard InChI is InChI=1S/C30H33N7O5/c1-2-20-15-22(42-36-20)26-24(39)25(40)29(41-26)37-17-33-23-27(34-30(31-13-14-38)35-28(23)37)32-16-21(18-9-5-3-6-10-18)19-11-7-4-8-12-19/h3-12,15,17,21,24-26,29,38-40H,2,13-14,16H2,1H3,(H2,31,32,34,35)/t24-,25+,26?,29+/m0/s1. The van der Waals surface area contributed by atoms with E-state index < -0.39 is 24.5 Å². The van der Waals surface area contributed by atoms with Crippen LogP contribution in [0.3, 0.4) is 0 Å². The summed E-state index contributed by atoms with van der Waals surface area (Å²) in [4.78, 5) is 13.8. The number of aromatic nitrogens is 5. The molecule has 5 N–H and O–H groups in total. The summed E-state index contributed by atoms with van der Waals surface area (Å²) in [5, 5.41) is 41.7. The molecular weight excluding hydrogens is 538 g/mol. The van der Waals surface area contributed by atoms with Crippen LogP contribution in [0.15, 0.2) is 77.6 Å². The number of imidazole rings is 1. The fraction of sp³-hybridized carbons (Fsp3) is 0.333. The fourth-order valence-corrected chi connectivity index (χ4v) is 5.22. The fourth-order valence-electron chi connectivity index (χ4n) is 5.22. The van der Waals surface area contributed by atoms with Crippen LogP contribution in [0, 0.1) is 0 Å². The highest BCUT2D eigenvalue weighted by Gasteiger charge is 2.47. The van der Waals surface area contributed by atoms with Gasteiger partial charge >= 0.3 is 0 Å². The highest BCUT2D eigenvalue weighted by atomic mass is 16.6. The molecule has 1 saturated heterocycles. The van der Waals surface area contributed by atoms with E-state index in [4.69, 9.17) is 9.26 Å². The summed E-state index contributed by atoms with van der Waals surface area (Å²) in [5.41, 5.74) is 3.86. The van der Waals surface area contributed by atoms with Crippen LogP contribution < -0.4 is 10.6 Å². The van der Waals surface area contributed by atoms with E-state index in [9.17, 15) is 15.3 Å². The average Bonchev–Trinajstić information content (AvgIpc) is 3.75. The summed E-state index contributed by atoms with van der Waals surface area (Å²) < 4.78 is 13.1. The molecule has 1 aliphatic rings. The van der Waals surface area contributed by atoms with E-state index in [0.717, 1.165) is 16.8 Å². The lowest BCUT2D eigenvalue weighted by molar-refractivity contribution is -0.0434. The Morgan fingerprint density at radius 3 is 2.31 bits per heavy atom. The van der Waals surface area contributed by atoms with Crippen molar-refractivity contribution in [1.82, 2.24) is 24.7 Å². The SMILES string of the molecule is CCc1cc(C2O[C@@H](n3cnc4c(NCC(c5ccccc5)c5ccccc5)nc(NCCO)nc43)[C@H](O)[C@@H]2O)on1. The van der Waals surface area contributed by atoms with Crippen LogP contribution in [-0.4, -0.2) is 71.9 Å². The molecule has 12 nitrogen and oxygen atoms in total. The molecule has 1 unspecified atom stereocenters. The van der Waals surface area contributed by atoms with Gasteiger partial charge in [-0.05, 0) is 17.5 Å².